The number of rotatable bonds is 6. The maximum Gasteiger partial charge on any atom is 0.308 e. The zero-order valence-corrected chi connectivity index (χ0v) is 14.3. The Labute approximate surface area is 150 Å². The van der Waals surface area contributed by atoms with Gasteiger partial charge in [0.05, 0.1) is 5.92 Å². The summed E-state index contributed by atoms with van der Waals surface area (Å²) in [5.41, 5.74) is 1.92. The Morgan fingerprint density at radius 3 is 2.60 bits per heavy atom. The van der Waals surface area contributed by atoms with E-state index in [1.54, 1.807) is 4.90 Å². The average molecular weight is 360 g/mol. The second-order valence-electron chi connectivity index (χ2n) is 6.08. The van der Waals surface area contributed by atoms with Gasteiger partial charge in [-0.15, -0.1) is 0 Å². The van der Waals surface area contributed by atoms with E-state index in [1.165, 1.54) is 0 Å². The lowest BCUT2D eigenvalue weighted by Crippen LogP contribution is -2.25. The van der Waals surface area contributed by atoms with Crippen LogP contribution in [-0.2, 0) is 22.7 Å². The number of hydrogen-bond acceptors (Lipinski definition) is 3. The van der Waals surface area contributed by atoms with Crippen LogP contribution in [0.5, 0.6) is 5.75 Å². The molecule has 25 heavy (non-hydrogen) atoms. The van der Waals surface area contributed by atoms with Crippen molar-refractivity contribution >= 4 is 23.5 Å². The third-order valence-corrected chi connectivity index (χ3v) is 4.39. The summed E-state index contributed by atoms with van der Waals surface area (Å²) in [5.74, 6) is -0.915. The van der Waals surface area contributed by atoms with Crippen LogP contribution in [-0.4, -0.2) is 28.4 Å². The summed E-state index contributed by atoms with van der Waals surface area (Å²) in [4.78, 5) is 24.5. The van der Waals surface area contributed by atoms with Crippen molar-refractivity contribution in [3.63, 3.8) is 0 Å². The summed E-state index contributed by atoms with van der Waals surface area (Å²) in [7, 11) is 0. The number of carbonyl (C=O) groups is 2. The molecule has 1 saturated heterocycles. The number of hydrogen-bond donors (Lipinski definition) is 1. The first kappa shape index (κ1) is 17.3. The first-order chi connectivity index (χ1) is 12.0. The van der Waals surface area contributed by atoms with Gasteiger partial charge in [0.15, 0.2) is 0 Å². The Kier molecular flexibility index (Phi) is 5.24. The first-order valence-electron chi connectivity index (χ1n) is 7.98. The van der Waals surface area contributed by atoms with E-state index >= 15 is 0 Å². The molecule has 0 saturated carbocycles. The molecule has 1 atom stereocenters. The number of nitrogens with zero attached hydrogens (tertiary/aromatic N) is 1. The van der Waals surface area contributed by atoms with E-state index < -0.39 is 11.9 Å². The molecule has 1 heterocycles. The monoisotopic (exact) mass is 359 g/mol. The van der Waals surface area contributed by atoms with Crippen LogP contribution in [0.15, 0.2) is 48.5 Å². The summed E-state index contributed by atoms with van der Waals surface area (Å²) >= 11 is 5.95. The van der Waals surface area contributed by atoms with Gasteiger partial charge in [-0.1, -0.05) is 35.9 Å². The van der Waals surface area contributed by atoms with E-state index in [4.69, 9.17) is 21.4 Å². The van der Waals surface area contributed by atoms with Gasteiger partial charge in [0.1, 0.15) is 12.4 Å². The first-order valence-corrected chi connectivity index (χ1v) is 8.36. The van der Waals surface area contributed by atoms with Gasteiger partial charge in [0.2, 0.25) is 5.91 Å². The largest absolute Gasteiger partial charge is 0.489 e. The third-order valence-electron chi connectivity index (χ3n) is 4.16. The Morgan fingerprint density at radius 1 is 1.20 bits per heavy atom. The lowest BCUT2D eigenvalue weighted by molar-refractivity contribution is -0.141. The predicted octanol–water partition coefficient (Wildman–Crippen LogP) is 3.35. The summed E-state index contributed by atoms with van der Waals surface area (Å²) in [6.45, 7) is 1.10. The zero-order valence-electron chi connectivity index (χ0n) is 13.5. The van der Waals surface area contributed by atoms with Gasteiger partial charge in [-0.2, -0.15) is 0 Å². The minimum Gasteiger partial charge on any atom is -0.489 e. The van der Waals surface area contributed by atoms with Crippen LogP contribution in [0.25, 0.3) is 0 Å². The van der Waals surface area contributed by atoms with Crippen LogP contribution in [0, 0.1) is 5.92 Å². The molecule has 5 nitrogen and oxygen atoms in total. The molecule has 1 unspecified atom stereocenters. The number of carboxylic acids is 1. The van der Waals surface area contributed by atoms with E-state index in [1.807, 2.05) is 48.5 Å². The van der Waals surface area contributed by atoms with E-state index in [0.29, 0.717) is 18.2 Å². The van der Waals surface area contributed by atoms with Crippen molar-refractivity contribution < 1.29 is 19.4 Å². The van der Waals surface area contributed by atoms with Crippen LogP contribution in [0.3, 0.4) is 0 Å². The van der Waals surface area contributed by atoms with Crippen LogP contribution in [0.4, 0.5) is 0 Å². The Morgan fingerprint density at radius 2 is 1.96 bits per heavy atom. The number of benzene rings is 2. The van der Waals surface area contributed by atoms with Crippen molar-refractivity contribution in [1.82, 2.24) is 4.90 Å². The van der Waals surface area contributed by atoms with Gasteiger partial charge < -0.3 is 14.7 Å². The fraction of sp³-hybridized carbons (Fsp3) is 0.263. The Hall–Kier alpha value is -2.53. The summed E-state index contributed by atoms with van der Waals surface area (Å²) < 4.78 is 5.72. The molecule has 0 spiro atoms. The van der Waals surface area contributed by atoms with Gasteiger partial charge in [-0.3, -0.25) is 9.59 Å². The maximum atomic E-state index is 11.9. The van der Waals surface area contributed by atoms with E-state index in [-0.39, 0.29) is 18.9 Å². The van der Waals surface area contributed by atoms with Crippen LogP contribution in [0.1, 0.15) is 17.5 Å². The maximum absolute atomic E-state index is 11.9. The highest BCUT2D eigenvalue weighted by Crippen LogP contribution is 2.22. The molecule has 1 fully saturated rings. The Bertz CT molecular complexity index is 775. The molecule has 2 aromatic rings. The fourth-order valence-electron chi connectivity index (χ4n) is 2.80. The van der Waals surface area contributed by atoms with Crippen LogP contribution < -0.4 is 4.74 Å². The molecule has 1 amide bonds. The number of ether oxygens (including phenoxy) is 1. The molecule has 2 aromatic carbocycles. The van der Waals surface area contributed by atoms with Crippen molar-refractivity contribution in [2.45, 2.75) is 19.6 Å². The van der Waals surface area contributed by atoms with Gasteiger partial charge >= 0.3 is 5.97 Å². The summed E-state index contributed by atoms with van der Waals surface area (Å²) in [6.07, 6.45) is 0.0795. The smallest absolute Gasteiger partial charge is 0.308 e. The molecule has 0 radical (unpaired) electrons. The minimum atomic E-state index is -0.916. The van der Waals surface area contributed by atoms with Gasteiger partial charge in [0.25, 0.3) is 0 Å². The second-order valence-corrected chi connectivity index (χ2v) is 6.51. The minimum absolute atomic E-state index is 0.0795. The SMILES string of the molecule is O=C(O)C1CC(=O)N(Cc2ccc(OCc3cccc(Cl)c3)cc2)C1. The molecular formula is C19H18ClNO4. The molecule has 130 valence electrons. The normalized spacial score (nSPS) is 16.9. The topological polar surface area (TPSA) is 66.8 Å². The van der Waals surface area contributed by atoms with Crippen molar-refractivity contribution in [1.29, 1.82) is 0 Å². The summed E-state index contributed by atoms with van der Waals surface area (Å²) in [5, 5.41) is 9.69. The second kappa shape index (κ2) is 7.57. The van der Waals surface area contributed by atoms with E-state index in [2.05, 4.69) is 0 Å². The van der Waals surface area contributed by atoms with E-state index in [0.717, 1.165) is 16.9 Å². The van der Waals surface area contributed by atoms with Gasteiger partial charge in [0, 0.05) is 24.5 Å². The number of carbonyl (C=O) groups excluding carboxylic acids is 1. The molecule has 0 bridgehead atoms. The van der Waals surface area contributed by atoms with Crippen molar-refractivity contribution in [3.8, 4) is 5.75 Å². The number of amides is 1. The lowest BCUT2D eigenvalue weighted by Gasteiger charge is -2.16. The Balaban J connectivity index is 1.55. The molecule has 0 aromatic heterocycles. The molecule has 6 heteroatoms. The molecular weight excluding hydrogens is 342 g/mol. The number of carboxylic acid groups (broad SMARTS) is 1. The highest BCUT2D eigenvalue weighted by Gasteiger charge is 2.33. The third kappa shape index (κ3) is 4.51. The fourth-order valence-corrected chi connectivity index (χ4v) is 3.01. The van der Waals surface area contributed by atoms with Crippen molar-refractivity contribution in [3.05, 3.63) is 64.7 Å². The average Bonchev–Trinajstić information content (AvgIpc) is 2.95. The molecule has 3 rings (SSSR count). The van der Waals surface area contributed by atoms with Crippen molar-refractivity contribution in [2.75, 3.05) is 6.54 Å². The number of aliphatic carboxylic acids is 1. The molecule has 1 aliphatic heterocycles. The van der Waals surface area contributed by atoms with Crippen molar-refractivity contribution in [2.24, 2.45) is 5.92 Å². The van der Waals surface area contributed by atoms with Gasteiger partial charge in [-0.05, 0) is 35.4 Å². The zero-order chi connectivity index (χ0) is 17.8. The highest BCUT2D eigenvalue weighted by molar-refractivity contribution is 6.30. The quantitative estimate of drug-likeness (QED) is 0.858. The van der Waals surface area contributed by atoms with E-state index in [9.17, 15) is 9.59 Å². The molecule has 1 aliphatic rings. The molecule has 0 aliphatic carbocycles. The lowest BCUT2D eigenvalue weighted by atomic mass is 10.1. The van der Waals surface area contributed by atoms with Crippen LogP contribution >= 0.6 is 11.6 Å². The number of halogens is 1. The molecule has 1 N–H and O–H groups in total. The number of likely N-dealkylation sites (tertiary alicyclic amines) is 1. The highest BCUT2D eigenvalue weighted by atomic mass is 35.5. The standard InChI is InChI=1S/C19H18ClNO4/c20-16-3-1-2-14(8-16)12-25-17-6-4-13(5-7-17)10-21-11-15(19(23)24)9-18(21)22/h1-8,15H,9-12H2,(H,23,24). The predicted molar refractivity (Wildman–Crippen MR) is 93.4 cm³/mol. The summed E-state index contributed by atoms with van der Waals surface area (Å²) in [6, 6.07) is 14.9. The van der Waals surface area contributed by atoms with Crippen LogP contribution in [0.2, 0.25) is 5.02 Å². The van der Waals surface area contributed by atoms with Gasteiger partial charge in [-0.25, -0.2) is 0 Å².